The fraction of sp³-hybridized carbons (Fsp3) is 0.800. The summed E-state index contributed by atoms with van der Waals surface area (Å²) < 4.78 is 16.9. The maximum Gasteiger partial charge on any atom is 0.306 e. The number of carbonyl (C=O) groups is 3. The number of esters is 3. The summed E-state index contributed by atoms with van der Waals surface area (Å²) in [6, 6.07) is 0. The highest BCUT2D eigenvalue weighted by atomic mass is 16.6. The van der Waals surface area contributed by atoms with Crippen LogP contribution in [0.1, 0.15) is 367 Å². The van der Waals surface area contributed by atoms with E-state index in [1.165, 1.54) is 238 Å². The Morgan fingerprint density at radius 2 is 0.444 bits per heavy atom. The van der Waals surface area contributed by atoms with Crippen molar-refractivity contribution in [1.29, 1.82) is 0 Å². The molecule has 0 radical (unpaired) electrons. The Hall–Kier alpha value is -3.15. The van der Waals surface area contributed by atoms with E-state index in [0.717, 1.165) is 89.9 Å². The average Bonchev–Trinajstić information content (AvgIpc) is 3.47. The van der Waals surface area contributed by atoms with E-state index in [-0.39, 0.29) is 31.1 Å². The number of allylic oxidation sites excluding steroid dienone is 12. The zero-order chi connectivity index (χ0) is 58.5. The van der Waals surface area contributed by atoms with Crippen LogP contribution in [-0.2, 0) is 28.6 Å². The van der Waals surface area contributed by atoms with Gasteiger partial charge in [0.05, 0.1) is 0 Å². The van der Waals surface area contributed by atoms with Gasteiger partial charge < -0.3 is 14.2 Å². The fourth-order valence-corrected chi connectivity index (χ4v) is 10.3. The second kappa shape index (κ2) is 69.3. The van der Waals surface area contributed by atoms with Crippen molar-refractivity contribution in [3.05, 3.63) is 72.9 Å². The quantitative estimate of drug-likeness (QED) is 0.0261. The van der Waals surface area contributed by atoms with Crippen LogP contribution in [0.25, 0.3) is 0 Å². The minimum Gasteiger partial charge on any atom is -0.462 e. The van der Waals surface area contributed by atoms with Crippen molar-refractivity contribution < 1.29 is 28.6 Å². The minimum absolute atomic E-state index is 0.0745. The molecule has 0 bridgehead atoms. The van der Waals surface area contributed by atoms with E-state index in [4.69, 9.17) is 14.2 Å². The topological polar surface area (TPSA) is 78.9 Å². The molecule has 6 nitrogen and oxygen atoms in total. The summed E-state index contributed by atoms with van der Waals surface area (Å²) in [5.41, 5.74) is 0. The average molecular weight is 1130 g/mol. The first-order valence-corrected chi connectivity index (χ1v) is 35.4. The van der Waals surface area contributed by atoms with Gasteiger partial charge in [-0.05, 0) is 96.3 Å². The Balaban J connectivity index is 4.13. The maximum absolute atomic E-state index is 12.9. The maximum atomic E-state index is 12.9. The molecular weight excluding hydrogens is 997 g/mol. The number of hydrogen-bond acceptors (Lipinski definition) is 6. The van der Waals surface area contributed by atoms with Crippen LogP contribution < -0.4 is 0 Å². The summed E-state index contributed by atoms with van der Waals surface area (Å²) >= 11 is 0. The third kappa shape index (κ3) is 67.5. The van der Waals surface area contributed by atoms with E-state index in [1.807, 2.05) is 0 Å². The van der Waals surface area contributed by atoms with Gasteiger partial charge in [0.1, 0.15) is 13.2 Å². The van der Waals surface area contributed by atoms with Gasteiger partial charge in [-0.1, -0.05) is 325 Å². The Morgan fingerprint density at radius 3 is 0.691 bits per heavy atom. The van der Waals surface area contributed by atoms with Crippen molar-refractivity contribution in [1.82, 2.24) is 0 Å². The van der Waals surface area contributed by atoms with Gasteiger partial charge in [-0.25, -0.2) is 0 Å². The molecule has 0 saturated heterocycles. The summed E-state index contributed by atoms with van der Waals surface area (Å²) in [7, 11) is 0. The Kier molecular flexibility index (Phi) is 66.6. The summed E-state index contributed by atoms with van der Waals surface area (Å²) in [4.78, 5) is 38.3. The van der Waals surface area contributed by atoms with Gasteiger partial charge in [-0.15, -0.1) is 0 Å². The van der Waals surface area contributed by atoms with Crippen LogP contribution in [-0.4, -0.2) is 37.2 Å². The van der Waals surface area contributed by atoms with Crippen LogP contribution in [0.3, 0.4) is 0 Å². The molecule has 0 rings (SSSR count). The highest BCUT2D eigenvalue weighted by molar-refractivity contribution is 5.71. The molecule has 0 heterocycles. The fourth-order valence-electron chi connectivity index (χ4n) is 10.3. The standard InChI is InChI=1S/C75H134O6/c1-4-7-10-13-16-19-21-23-25-27-29-31-33-34-35-36-37-38-39-40-42-43-45-47-49-51-53-56-59-62-65-68-74(77)80-71-72(70-79-73(76)67-64-61-58-55-18-15-12-9-6-3)81-75(78)69-66-63-60-57-54-52-50-48-46-44-41-32-30-28-26-24-22-20-17-14-11-8-5-2/h21-24,27-30,33-34,41,44,72H,4-20,25-26,31-32,35-40,42-43,45-71H2,1-3H3/b23-21-,24-22-,29-27-,30-28-,34-33-,44-41-. The molecule has 0 aliphatic rings. The number of unbranched alkanes of at least 4 members (excludes halogenated alkanes) is 42. The largest absolute Gasteiger partial charge is 0.462 e. The lowest BCUT2D eigenvalue weighted by Gasteiger charge is -2.18. The van der Waals surface area contributed by atoms with Gasteiger partial charge in [0, 0.05) is 19.3 Å². The van der Waals surface area contributed by atoms with Crippen LogP contribution in [0.4, 0.5) is 0 Å². The molecule has 81 heavy (non-hydrogen) atoms. The molecule has 0 N–H and O–H groups in total. The van der Waals surface area contributed by atoms with E-state index < -0.39 is 6.10 Å². The predicted octanol–water partition coefficient (Wildman–Crippen LogP) is 24.4. The van der Waals surface area contributed by atoms with Crippen LogP contribution in [0.2, 0.25) is 0 Å². The molecule has 6 heteroatoms. The molecular formula is C75H134O6. The predicted molar refractivity (Wildman–Crippen MR) is 353 cm³/mol. The second-order valence-corrected chi connectivity index (χ2v) is 23.8. The molecule has 0 spiro atoms. The van der Waals surface area contributed by atoms with Crippen molar-refractivity contribution in [2.24, 2.45) is 0 Å². The monoisotopic (exact) mass is 1130 g/mol. The van der Waals surface area contributed by atoms with Crippen molar-refractivity contribution >= 4 is 17.9 Å². The van der Waals surface area contributed by atoms with Crippen molar-refractivity contribution in [3.63, 3.8) is 0 Å². The number of ether oxygens (including phenoxy) is 3. The summed E-state index contributed by atoms with van der Waals surface area (Å²) in [5, 5.41) is 0. The van der Waals surface area contributed by atoms with Gasteiger partial charge in [0.25, 0.3) is 0 Å². The Labute approximate surface area is 503 Å². The lowest BCUT2D eigenvalue weighted by atomic mass is 10.0. The van der Waals surface area contributed by atoms with E-state index in [0.29, 0.717) is 19.3 Å². The molecule has 0 aromatic rings. The first-order chi connectivity index (χ1) is 40.0. The molecule has 0 aromatic heterocycles. The first kappa shape index (κ1) is 77.9. The van der Waals surface area contributed by atoms with Crippen LogP contribution in [0, 0.1) is 0 Å². The summed E-state index contributed by atoms with van der Waals surface area (Å²) in [6.45, 7) is 6.64. The molecule has 1 atom stereocenters. The molecule has 0 aliphatic carbocycles. The lowest BCUT2D eigenvalue weighted by Crippen LogP contribution is -2.30. The van der Waals surface area contributed by atoms with Crippen molar-refractivity contribution in [2.45, 2.75) is 374 Å². The molecule has 0 fully saturated rings. The van der Waals surface area contributed by atoms with E-state index in [1.54, 1.807) is 0 Å². The van der Waals surface area contributed by atoms with Crippen molar-refractivity contribution in [2.75, 3.05) is 13.2 Å². The summed E-state index contributed by atoms with van der Waals surface area (Å²) in [6.07, 6.45) is 90.9. The highest BCUT2D eigenvalue weighted by Crippen LogP contribution is 2.17. The zero-order valence-electron chi connectivity index (χ0n) is 54.1. The SMILES string of the molecule is CCCCCCC/C=C\C/C=C\C/C=C\CCCCCCCCCCCCCCCCCCC(=O)OCC(COC(=O)CCCCCCCCCCC)OC(=O)CCCCCCCCCC/C=C\C/C=C\C/C=C\CCCCCCC. The van der Waals surface area contributed by atoms with E-state index in [9.17, 15) is 14.4 Å². The summed E-state index contributed by atoms with van der Waals surface area (Å²) in [5.74, 6) is -0.866. The van der Waals surface area contributed by atoms with Crippen molar-refractivity contribution in [3.8, 4) is 0 Å². The third-order valence-electron chi connectivity index (χ3n) is 15.7. The number of hydrogen-bond donors (Lipinski definition) is 0. The van der Waals surface area contributed by atoms with Gasteiger partial charge in [-0.2, -0.15) is 0 Å². The number of rotatable bonds is 65. The lowest BCUT2D eigenvalue weighted by molar-refractivity contribution is -0.167. The molecule has 0 amide bonds. The van der Waals surface area contributed by atoms with Crippen LogP contribution in [0.15, 0.2) is 72.9 Å². The van der Waals surface area contributed by atoms with E-state index in [2.05, 4.69) is 93.7 Å². The molecule has 0 saturated carbocycles. The zero-order valence-corrected chi connectivity index (χ0v) is 54.1. The molecule has 1 unspecified atom stereocenters. The smallest absolute Gasteiger partial charge is 0.306 e. The number of carbonyl (C=O) groups excluding carboxylic acids is 3. The normalized spacial score (nSPS) is 12.5. The van der Waals surface area contributed by atoms with Gasteiger partial charge in [0.2, 0.25) is 0 Å². The third-order valence-corrected chi connectivity index (χ3v) is 15.7. The highest BCUT2D eigenvalue weighted by Gasteiger charge is 2.19. The van der Waals surface area contributed by atoms with Crippen LogP contribution >= 0.6 is 0 Å². The van der Waals surface area contributed by atoms with Gasteiger partial charge in [-0.3, -0.25) is 14.4 Å². The molecule has 0 aromatic carbocycles. The first-order valence-electron chi connectivity index (χ1n) is 35.4. The minimum atomic E-state index is -0.777. The van der Waals surface area contributed by atoms with Crippen LogP contribution in [0.5, 0.6) is 0 Å². The molecule has 0 aliphatic heterocycles. The Morgan fingerprint density at radius 1 is 0.247 bits per heavy atom. The van der Waals surface area contributed by atoms with E-state index >= 15 is 0 Å². The molecule has 470 valence electrons. The Bertz CT molecular complexity index is 1490. The second-order valence-electron chi connectivity index (χ2n) is 23.8. The van der Waals surface area contributed by atoms with Gasteiger partial charge >= 0.3 is 17.9 Å². The van der Waals surface area contributed by atoms with Gasteiger partial charge in [0.15, 0.2) is 6.10 Å².